The maximum absolute atomic E-state index is 12.5. The first-order chi connectivity index (χ1) is 14.2. The lowest BCUT2D eigenvalue weighted by Gasteiger charge is -2.24. The molecule has 0 spiro atoms. The number of nitrogens with zero attached hydrogens (tertiary/aromatic N) is 1. The number of carbonyl (C=O) groups excluding carboxylic acids is 1. The van der Waals surface area contributed by atoms with Crippen LogP contribution in [0.25, 0.3) is 0 Å². The van der Waals surface area contributed by atoms with Gasteiger partial charge in [-0.2, -0.15) is 0 Å². The van der Waals surface area contributed by atoms with Gasteiger partial charge >= 0.3 is 0 Å². The van der Waals surface area contributed by atoms with Gasteiger partial charge < -0.3 is 19.7 Å². The molecule has 1 unspecified atom stereocenters. The number of amides is 1. The monoisotopic (exact) mass is 402 g/mol. The van der Waals surface area contributed by atoms with Gasteiger partial charge in [0, 0.05) is 19.0 Å². The minimum Gasteiger partial charge on any atom is -0.486 e. The lowest BCUT2D eigenvalue weighted by molar-refractivity contribution is -0.122. The highest BCUT2D eigenvalue weighted by Crippen LogP contribution is 2.31. The molecule has 2 aliphatic heterocycles. The minimum atomic E-state index is 0.168. The molecule has 3 rings (SSSR count). The highest BCUT2D eigenvalue weighted by atomic mass is 16.6. The summed E-state index contributed by atoms with van der Waals surface area (Å²) in [6.07, 6.45) is 11.0. The van der Waals surface area contributed by atoms with Crippen molar-refractivity contribution in [2.45, 2.75) is 77.2 Å². The Morgan fingerprint density at radius 3 is 2.62 bits per heavy atom. The molecular formula is C24H38N2O3. The van der Waals surface area contributed by atoms with Crippen molar-refractivity contribution in [3.05, 3.63) is 23.8 Å². The van der Waals surface area contributed by atoms with Crippen LogP contribution in [0.4, 0.5) is 0 Å². The fraction of sp³-hybridized carbons (Fsp3) is 0.708. The summed E-state index contributed by atoms with van der Waals surface area (Å²) < 4.78 is 11.4. The first-order valence-corrected chi connectivity index (χ1v) is 11.6. The largest absolute Gasteiger partial charge is 0.486 e. The molecule has 162 valence electrons. The molecule has 0 saturated carbocycles. The second-order valence-corrected chi connectivity index (χ2v) is 8.45. The SMILES string of the molecule is CCCCCCCC(=O)NC(CCN1CCCC1)Cc1ccc2c(c1)OCCO2. The molecule has 5 nitrogen and oxygen atoms in total. The topological polar surface area (TPSA) is 50.8 Å². The van der Waals surface area contributed by atoms with Crippen LogP contribution in [0.3, 0.4) is 0 Å². The van der Waals surface area contributed by atoms with Gasteiger partial charge in [-0.05, 0) is 62.9 Å². The van der Waals surface area contributed by atoms with Crippen LogP contribution in [-0.2, 0) is 11.2 Å². The summed E-state index contributed by atoms with van der Waals surface area (Å²) in [7, 11) is 0. The number of fused-ring (bicyclic) bond motifs is 1. The zero-order chi connectivity index (χ0) is 20.3. The van der Waals surface area contributed by atoms with E-state index in [9.17, 15) is 4.79 Å². The third-order valence-electron chi connectivity index (χ3n) is 5.95. The number of ether oxygens (including phenoxy) is 2. The number of likely N-dealkylation sites (tertiary alicyclic amines) is 1. The van der Waals surface area contributed by atoms with Gasteiger partial charge in [0.05, 0.1) is 0 Å². The Bertz CT molecular complexity index is 629. The Labute approximate surface area is 176 Å². The molecule has 5 heteroatoms. The molecular weight excluding hydrogens is 364 g/mol. The van der Waals surface area contributed by atoms with E-state index in [4.69, 9.17) is 9.47 Å². The molecule has 1 aromatic rings. The van der Waals surface area contributed by atoms with Gasteiger partial charge in [-0.15, -0.1) is 0 Å². The average Bonchev–Trinajstić information content (AvgIpc) is 3.25. The number of carbonyl (C=O) groups is 1. The van der Waals surface area contributed by atoms with Crippen molar-refractivity contribution in [3.63, 3.8) is 0 Å². The predicted molar refractivity (Wildman–Crippen MR) is 117 cm³/mol. The van der Waals surface area contributed by atoms with Crippen molar-refractivity contribution in [1.29, 1.82) is 0 Å². The first-order valence-electron chi connectivity index (χ1n) is 11.6. The molecule has 1 N–H and O–H groups in total. The van der Waals surface area contributed by atoms with E-state index in [2.05, 4.69) is 29.3 Å². The number of rotatable bonds is 12. The van der Waals surface area contributed by atoms with Crippen molar-refractivity contribution in [2.24, 2.45) is 0 Å². The van der Waals surface area contributed by atoms with E-state index in [0.29, 0.717) is 19.6 Å². The standard InChI is InChI=1S/C24H38N2O3/c1-2-3-4-5-6-9-24(27)25-21(12-15-26-13-7-8-14-26)18-20-10-11-22-23(19-20)29-17-16-28-22/h10-11,19,21H,2-9,12-18H2,1H3,(H,25,27). The van der Waals surface area contributed by atoms with Crippen molar-refractivity contribution in [1.82, 2.24) is 10.2 Å². The molecule has 0 aliphatic carbocycles. The summed E-state index contributed by atoms with van der Waals surface area (Å²) in [6, 6.07) is 6.35. The number of benzene rings is 1. The van der Waals surface area contributed by atoms with Crippen molar-refractivity contribution in [2.75, 3.05) is 32.8 Å². The third-order valence-corrected chi connectivity index (χ3v) is 5.95. The van der Waals surface area contributed by atoms with Crippen LogP contribution in [0.2, 0.25) is 0 Å². The molecule has 2 aliphatic rings. The highest BCUT2D eigenvalue weighted by Gasteiger charge is 2.19. The Hall–Kier alpha value is -1.75. The lowest BCUT2D eigenvalue weighted by Crippen LogP contribution is -2.39. The highest BCUT2D eigenvalue weighted by molar-refractivity contribution is 5.76. The summed E-state index contributed by atoms with van der Waals surface area (Å²) in [4.78, 5) is 15.1. The third kappa shape index (κ3) is 7.54. The van der Waals surface area contributed by atoms with Gasteiger partial charge in [0.2, 0.25) is 5.91 Å². The Balaban J connectivity index is 1.52. The summed E-state index contributed by atoms with van der Waals surface area (Å²) >= 11 is 0. The van der Waals surface area contributed by atoms with Crippen LogP contribution >= 0.6 is 0 Å². The summed E-state index contributed by atoms with van der Waals surface area (Å²) in [6.45, 7) is 6.88. The summed E-state index contributed by atoms with van der Waals surface area (Å²) in [5.41, 5.74) is 1.20. The molecule has 0 bridgehead atoms. The summed E-state index contributed by atoms with van der Waals surface area (Å²) in [5, 5.41) is 3.32. The fourth-order valence-electron chi connectivity index (χ4n) is 4.26. The predicted octanol–water partition coefficient (Wildman–Crippen LogP) is 4.33. The molecule has 2 heterocycles. The lowest BCUT2D eigenvalue weighted by atomic mass is 10.0. The van der Waals surface area contributed by atoms with E-state index in [1.807, 2.05) is 6.07 Å². The van der Waals surface area contributed by atoms with Crippen LogP contribution in [0.1, 0.15) is 70.3 Å². The Morgan fingerprint density at radius 1 is 1.07 bits per heavy atom. The zero-order valence-electron chi connectivity index (χ0n) is 18.1. The second kappa shape index (κ2) is 12.1. The van der Waals surface area contributed by atoms with Gasteiger partial charge in [0.1, 0.15) is 13.2 Å². The maximum atomic E-state index is 12.5. The van der Waals surface area contributed by atoms with Crippen LogP contribution in [0.15, 0.2) is 18.2 Å². The van der Waals surface area contributed by atoms with Crippen LogP contribution in [-0.4, -0.2) is 49.7 Å². The molecule has 29 heavy (non-hydrogen) atoms. The second-order valence-electron chi connectivity index (χ2n) is 8.45. The number of hydrogen-bond acceptors (Lipinski definition) is 4. The molecule has 1 fully saturated rings. The zero-order valence-corrected chi connectivity index (χ0v) is 18.1. The summed E-state index contributed by atoms with van der Waals surface area (Å²) in [5.74, 6) is 1.85. The number of hydrogen-bond donors (Lipinski definition) is 1. The van der Waals surface area contributed by atoms with Gasteiger partial charge in [0.15, 0.2) is 11.5 Å². The van der Waals surface area contributed by atoms with E-state index in [0.717, 1.165) is 43.7 Å². The fourth-order valence-corrected chi connectivity index (χ4v) is 4.26. The maximum Gasteiger partial charge on any atom is 0.220 e. The van der Waals surface area contributed by atoms with E-state index in [-0.39, 0.29) is 11.9 Å². The average molecular weight is 403 g/mol. The van der Waals surface area contributed by atoms with Crippen LogP contribution in [0, 0.1) is 0 Å². The smallest absolute Gasteiger partial charge is 0.220 e. The Kier molecular flexibility index (Phi) is 9.13. The molecule has 0 radical (unpaired) electrons. The van der Waals surface area contributed by atoms with E-state index >= 15 is 0 Å². The molecule has 1 amide bonds. The van der Waals surface area contributed by atoms with Crippen molar-refractivity contribution >= 4 is 5.91 Å². The number of unbranched alkanes of at least 4 members (excludes halogenated alkanes) is 4. The molecule has 1 saturated heterocycles. The van der Waals surface area contributed by atoms with Gasteiger partial charge in [0.25, 0.3) is 0 Å². The van der Waals surface area contributed by atoms with Gasteiger partial charge in [-0.1, -0.05) is 38.7 Å². The van der Waals surface area contributed by atoms with Crippen LogP contribution in [0.5, 0.6) is 11.5 Å². The van der Waals surface area contributed by atoms with E-state index in [1.165, 1.54) is 50.8 Å². The van der Waals surface area contributed by atoms with Crippen molar-refractivity contribution < 1.29 is 14.3 Å². The minimum absolute atomic E-state index is 0.168. The van der Waals surface area contributed by atoms with Gasteiger partial charge in [-0.3, -0.25) is 4.79 Å². The molecule has 1 atom stereocenters. The first kappa shape index (κ1) is 21.9. The Morgan fingerprint density at radius 2 is 1.83 bits per heavy atom. The van der Waals surface area contributed by atoms with Crippen molar-refractivity contribution in [3.8, 4) is 11.5 Å². The van der Waals surface area contributed by atoms with E-state index in [1.54, 1.807) is 0 Å². The molecule has 0 aromatic heterocycles. The normalized spacial score (nSPS) is 17.3. The van der Waals surface area contributed by atoms with Gasteiger partial charge in [-0.25, -0.2) is 0 Å². The van der Waals surface area contributed by atoms with Crippen LogP contribution < -0.4 is 14.8 Å². The van der Waals surface area contributed by atoms with E-state index < -0.39 is 0 Å². The molecule has 1 aromatic carbocycles. The number of nitrogens with one attached hydrogen (secondary N) is 1. The quantitative estimate of drug-likeness (QED) is 0.529.